The Bertz CT molecular complexity index is 317. The summed E-state index contributed by atoms with van der Waals surface area (Å²) in [7, 11) is 0. The number of carbonyl (C=O) groups excluding carboxylic acids is 1. The first-order chi connectivity index (χ1) is 8.66. The molecule has 4 nitrogen and oxygen atoms in total. The van der Waals surface area contributed by atoms with Crippen LogP contribution in [-0.4, -0.2) is 41.5 Å². The molecule has 3 N–H and O–H groups in total. The summed E-state index contributed by atoms with van der Waals surface area (Å²) in [6.45, 7) is 13.1. The molecule has 0 aromatic rings. The van der Waals surface area contributed by atoms with Crippen molar-refractivity contribution in [1.82, 2.24) is 10.2 Å². The number of likely N-dealkylation sites (tertiary alicyclic amines) is 1. The third-order valence-corrected chi connectivity index (χ3v) is 4.22. The van der Waals surface area contributed by atoms with Crippen LogP contribution in [0.2, 0.25) is 0 Å². The molecule has 1 aliphatic rings. The first kappa shape index (κ1) is 23.2. The molecular weight excluding hydrogens is 309 g/mol. The van der Waals surface area contributed by atoms with Crippen LogP contribution >= 0.6 is 24.8 Å². The maximum absolute atomic E-state index is 11.9. The number of halogens is 2. The highest BCUT2D eigenvalue weighted by molar-refractivity contribution is 5.86. The summed E-state index contributed by atoms with van der Waals surface area (Å²) in [6.07, 6.45) is 3.85. The number of nitrogens with zero attached hydrogens (tertiary/aromatic N) is 1. The Morgan fingerprint density at radius 2 is 1.86 bits per heavy atom. The molecule has 1 atom stereocenters. The van der Waals surface area contributed by atoms with Crippen molar-refractivity contribution in [3.63, 3.8) is 0 Å². The number of amides is 1. The molecule has 1 saturated heterocycles. The zero-order valence-corrected chi connectivity index (χ0v) is 15.7. The van der Waals surface area contributed by atoms with E-state index in [-0.39, 0.29) is 36.3 Å². The summed E-state index contributed by atoms with van der Waals surface area (Å²) in [5.74, 6) is 0.722. The second kappa shape index (κ2) is 9.19. The molecule has 6 heteroatoms. The minimum Gasteiger partial charge on any atom is -0.353 e. The van der Waals surface area contributed by atoms with Crippen molar-refractivity contribution in [3.8, 4) is 0 Å². The van der Waals surface area contributed by atoms with Crippen molar-refractivity contribution in [2.75, 3.05) is 19.6 Å². The molecule has 0 radical (unpaired) electrons. The second-order valence-corrected chi connectivity index (χ2v) is 7.08. The van der Waals surface area contributed by atoms with Gasteiger partial charge in [0, 0.05) is 18.6 Å². The van der Waals surface area contributed by atoms with Crippen LogP contribution in [0.3, 0.4) is 0 Å². The zero-order valence-electron chi connectivity index (χ0n) is 14.1. The third-order valence-electron chi connectivity index (χ3n) is 4.22. The molecule has 0 aromatic carbocycles. The predicted molar refractivity (Wildman–Crippen MR) is 94.4 cm³/mol. The first-order valence-electron chi connectivity index (χ1n) is 7.49. The Kier molecular flexibility index (Phi) is 10.2. The first-order valence-corrected chi connectivity index (χ1v) is 7.49. The van der Waals surface area contributed by atoms with Crippen LogP contribution in [0.5, 0.6) is 0 Å². The third kappa shape index (κ3) is 7.18. The van der Waals surface area contributed by atoms with E-state index in [1.165, 1.54) is 19.3 Å². The van der Waals surface area contributed by atoms with Gasteiger partial charge in [0.1, 0.15) is 0 Å². The molecule has 0 saturated carbocycles. The molecule has 0 aromatic heterocycles. The second-order valence-electron chi connectivity index (χ2n) is 7.08. The predicted octanol–water partition coefficient (Wildman–Crippen LogP) is 2.58. The van der Waals surface area contributed by atoms with Gasteiger partial charge in [-0.3, -0.25) is 9.69 Å². The number of piperidine rings is 1. The summed E-state index contributed by atoms with van der Waals surface area (Å²) >= 11 is 0. The molecule has 0 spiro atoms. The van der Waals surface area contributed by atoms with E-state index < -0.39 is 5.54 Å². The fraction of sp³-hybridized carbons (Fsp3) is 0.933. The summed E-state index contributed by atoms with van der Waals surface area (Å²) in [6, 6.07) is 0. The van der Waals surface area contributed by atoms with Crippen LogP contribution in [0.15, 0.2) is 0 Å². The van der Waals surface area contributed by atoms with Crippen molar-refractivity contribution in [3.05, 3.63) is 0 Å². The van der Waals surface area contributed by atoms with Gasteiger partial charge in [-0.1, -0.05) is 13.3 Å². The Balaban J connectivity index is 0. The highest BCUT2D eigenvalue weighted by Crippen LogP contribution is 2.25. The number of nitrogens with two attached hydrogens (primary N) is 1. The normalized spacial score (nSPS) is 20.2. The number of nitrogens with one attached hydrogen (secondary N) is 1. The van der Waals surface area contributed by atoms with E-state index in [0.29, 0.717) is 6.54 Å². The fourth-order valence-corrected chi connectivity index (χ4v) is 2.58. The summed E-state index contributed by atoms with van der Waals surface area (Å²) in [5, 5.41) is 2.99. The molecule has 1 rings (SSSR count). The molecule has 0 bridgehead atoms. The lowest BCUT2D eigenvalue weighted by Crippen LogP contribution is -2.58. The van der Waals surface area contributed by atoms with Gasteiger partial charge in [-0.25, -0.2) is 0 Å². The largest absolute Gasteiger partial charge is 0.353 e. The number of hydrogen-bond acceptors (Lipinski definition) is 3. The van der Waals surface area contributed by atoms with Gasteiger partial charge in [-0.15, -0.1) is 24.8 Å². The molecule has 1 aliphatic heterocycles. The molecule has 128 valence electrons. The summed E-state index contributed by atoms with van der Waals surface area (Å²) in [5.41, 5.74) is 5.00. The van der Waals surface area contributed by atoms with Crippen LogP contribution in [0.4, 0.5) is 0 Å². The highest BCUT2D eigenvalue weighted by Gasteiger charge is 2.32. The molecule has 21 heavy (non-hydrogen) atoms. The zero-order chi connectivity index (χ0) is 14.7. The van der Waals surface area contributed by atoms with Crippen LogP contribution in [0.25, 0.3) is 0 Å². The van der Waals surface area contributed by atoms with Gasteiger partial charge in [0.25, 0.3) is 0 Å². The lowest BCUT2D eigenvalue weighted by molar-refractivity contribution is -0.125. The standard InChI is InChI=1S/C15H31N3O.2ClH/c1-6-12-8-7-9-18(10-12)14(2,3)11-17-13(19)15(4,5)16;;/h12H,6-11,16H2,1-5H3,(H,17,19);2*1H. The lowest BCUT2D eigenvalue weighted by atomic mass is 9.91. The van der Waals surface area contributed by atoms with Crippen LogP contribution in [0, 0.1) is 5.92 Å². The van der Waals surface area contributed by atoms with Crippen LogP contribution in [-0.2, 0) is 4.79 Å². The van der Waals surface area contributed by atoms with Gasteiger partial charge in [-0.2, -0.15) is 0 Å². The SMILES string of the molecule is CCC1CCCN(C(C)(C)CNC(=O)C(C)(C)N)C1.Cl.Cl. The van der Waals surface area contributed by atoms with Crippen molar-refractivity contribution >= 4 is 30.7 Å². The van der Waals surface area contributed by atoms with E-state index in [1.807, 2.05) is 0 Å². The van der Waals surface area contributed by atoms with Crippen molar-refractivity contribution < 1.29 is 4.79 Å². The molecule has 1 unspecified atom stereocenters. The molecular formula is C15H33Cl2N3O. The smallest absolute Gasteiger partial charge is 0.239 e. The fourth-order valence-electron chi connectivity index (χ4n) is 2.58. The number of rotatable bonds is 5. The maximum atomic E-state index is 11.9. The van der Waals surface area contributed by atoms with Crippen molar-refractivity contribution in [1.29, 1.82) is 0 Å². The number of hydrogen-bond donors (Lipinski definition) is 2. The highest BCUT2D eigenvalue weighted by atomic mass is 35.5. The van der Waals surface area contributed by atoms with E-state index >= 15 is 0 Å². The number of carbonyl (C=O) groups is 1. The van der Waals surface area contributed by atoms with E-state index in [4.69, 9.17) is 5.73 Å². The van der Waals surface area contributed by atoms with Gasteiger partial charge in [0.15, 0.2) is 0 Å². The van der Waals surface area contributed by atoms with E-state index in [0.717, 1.165) is 19.0 Å². The Morgan fingerprint density at radius 3 is 2.33 bits per heavy atom. The van der Waals surface area contributed by atoms with Gasteiger partial charge in [-0.05, 0) is 53.0 Å². The van der Waals surface area contributed by atoms with Crippen LogP contribution < -0.4 is 11.1 Å². The van der Waals surface area contributed by atoms with Gasteiger partial charge in [0.2, 0.25) is 5.91 Å². The summed E-state index contributed by atoms with van der Waals surface area (Å²) in [4.78, 5) is 14.4. The topological polar surface area (TPSA) is 58.4 Å². The molecule has 1 fully saturated rings. The van der Waals surface area contributed by atoms with Crippen molar-refractivity contribution in [2.24, 2.45) is 11.7 Å². The maximum Gasteiger partial charge on any atom is 0.239 e. The average Bonchev–Trinajstić information content (AvgIpc) is 2.35. The van der Waals surface area contributed by atoms with Gasteiger partial charge >= 0.3 is 0 Å². The van der Waals surface area contributed by atoms with E-state index in [1.54, 1.807) is 13.8 Å². The van der Waals surface area contributed by atoms with Crippen LogP contribution in [0.1, 0.15) is 53.9 Å². The Labute approximate surface area is 142 Å². The lowest BCUT2D eigenvalue weighted by Gasteiger charge is -2.44. The monoisotopic (exact) mass is 341 g/mol. The Morgan fingerprint density at radius 1 is 1.29 bits per heavy atom. The van der Waals surface area contributed by atoms with E-state index in [2.05, 4.69) is 31.0 Å². The quantitative estimate of drug-likeness (QED) is 0.807. The van der Waals surface area contributed by atoms with Gasteiger partial charge < -0.3 is 11.1 Å². The Hall–Kier alpha value is -0.0300. The average molecular weight is 342 g/mol. The molecule has 1 heterocycles. The minimum absolute atomic E-state index is 0. The van der Waals surface area contributed by atoms with Gasteiger partial charge in [0.05, 0.1) is 5.54 Å². The molecule has 1 amide bonds. The minimum atomic E-state index is -0.802. The summed E-state index contributed by atoms with van der Waals surface area (Å²) < 4.78 is 0. The van der Waals surface area contributed by atoms with Crippen molar-refractivity contribution in [2.45, 2.75) is 65.0 Å². The molecule has 0 aliphatic carbocycles. The van der Waals surface area contributed by atoms with E-state index in [9.17, 15) is 4.79 Å².